The fraction of sp³-hybridized carbons (Fsp3) is 0.571. The highest BCUT2D eigenvalue weighted by Crippen LogP contribution is 2.33. The molecule has 2 rings (SSSR count). The van der Waals surface area contributed by atoms with E-state index in [0.29, 0.717) is 24.7 Å². The molecule has 0 aliphatic carbocycles. The first-order valence-electron chi connectivity index (χ1n) is 9.89. The molecule has 0 aromatic heterocycles. The molecule has 1 N–H and O–H groups in total. The molecule has 1 aromatic rings. The molecule has 1 fully saturated rings. The molecule has 0 spiro atoms. The summed E-state index contributed by atoms with van der Waals surface area (Å²) in [5.41, 5.74) is 0.920. The van der Waals surface area contributed by atoms with Gasteiger partial charge in [-0.05, 0) is 37.5 Å². The van der Waals surface area contributed by atoms with Crippen LogP contribution in [0.5, 0.6) is 11.5 Å². The number of benzene rings is 1. The first-order valence-corrected chi connectivity index (χ1v) is 9.89. The standard InChI is InChI=1S/C21H30N2O5/c1-5-27-16-8-7-15(13-17(16)28-6-2)21(14(3)4)22-18(24)11-12-23-19(25)9-10-20(23)26/h7-8,13-14,21H,5-6,9-12H2,1-4H3,(H,22,24)/t21-/m1/s1. The number of hydrogen-bond donors (Lipinski definition) is 1. The maximum atomic E-state index is 12.5. The summed E-state index contributed by atoms with van der Waals surface area (Å²) < 4.78 is 11.3. The topological polar surface area (TPSA) is 84.9 Å². The van der Waals surface area contributed by atoms with E-state index in [1.54, 1.807) is 0 Å². The van der Waals surface area contributed by atoms with Crippen molar-refractivity contribution < 1.29 is 23.9 Å². The summed E-state index contributed by atoms with van der Waals surface area (Å²) in [5.74, 6) is 0.865. The summed E-state index contributed by atoms with van der Waals surface area (Å²) in [6, 6.07) is 5.46. The van der Waals surface area contributed by atoms with Gasteiger partial charge >= 0.3 is 0 Å². The third kappa shape index (κ3) is 5.47. The Labute approximate surface area is 166 Å². The summed E-state index contributed by atoms with van der Waals surface area (Å²) in [7, 11) is 0. The van der Waals surface area contributed by atoms with Gasteiger partial charge in [-0.3, -0.25) is 19.3 Å². The highest BCUT2D eigenvalue weighted by molar-refractivity contribution is 6.02. The predicted octanol–water partition coefficient (Wildman–Crippen LogP) is 2.84. The molecule has 154 valence electrons. The van der Waals surface area contributed by atoms with E-state index in [0.717, 1.165) is 5.56 Å². The second-order valence-corrected chi connectivity index (χ2v) is 7.05. The molecule has 7 heteroatoms. The number of ether oxygens (including phenoxy) is 2. The van der Waals surface area contributed by atoms with Crippen LogP contribution in [0.15, 0.2) is 18.2 Å². The minimum Gasteiger partial charge on any atom is -0.490 e. The van der Waals surface area contributed by atoms with Crippen molar-refractivity contribution in [3.05, 3.63) is 23.8 Å². The summed E-state index contributed by atoms with van der Waals surface area (Å²) in [5, 5.41) is 3.02. The summed E-state index contributed by atoms with van der Waals surface area (Å²) in [6.45, 7) is 9.05. The van der Waals surface area contributed by atoms with Crippen molar-refractivity contribution in [2.45, 2.75) is 53.0 Å². The van der Waals surface area contributed by atoms with E-state index in [-0.39, 0.29) is 55.5 Å². The van der Waals surface area contributed by atoms with Gasteiger partial charge in [-0.1, -0.05) is 19.9 Å². The maximum Gasteiger partial charge on any atom is 0.229 e. The van der Waals surface area contributed by atoms with E-state index in [1.807, 2.05) is 45.9 Å². The van der Waals surface area contributed by atoms with Gasteiger partial charge in [-0.15, -0.1) is 0 Å². The van der Waals surface area contributed by atoms with Gasteiger partial charge < -0.3 is 14.8 Å². The molecule has 1 atom stereocenters. The zero-order valence-corrected chi connectivity index (χ0v) is 17.1. The first kappa shape index (κ1) is 21.7. The minimum atomic E-state index is -0.215. The lowest BCUT2D eigenvalue weighted by molar-refractivity contribution is -0.138. The van der Waals surface area contributed by atoms with Crippen LogP contribution in [-0.4, -0.2) is 42.4 Å². The molecule has 0 radical (unpaired) electrons. The predicted molar refractivity (Wildman–Crippen MR) is 105 cm³/mol. The van der Waals surface area contributed by atoms with E-state index in [2.05, 4.69) is 5.32 Å². The third-order valence-electron chi connectivity index (χ3n) is 4.63. The van der Waals surface area contributed by atoms with Crippen LogP contribution in [0.4, 0.5) is 0 Å². The van der Waals surface area contributed by atoms with Crippen molar-refractivity contribution >= 4 is 17.7 Å². The largest absolute Gasteiger partial charge is 0.490 e. The SMILES string of the molecule is CCOc1ccc([C@H](NC(=O)CCN2C(=O)CCC2=O)C(C)C)cc1OCC. The monoisotopic (exact) mass is 390 g/mol. The fourth-order valence-electron chi connectivity index (χ4n) is 3.23. The zero-order chi connectivity index (χ0) is 20.7. The fourth-order valence-corrected chi connectivity index (χ4v) is 3.23. The number of amides is 3. The van der Waals surface area contributed by atoms with E-state index >= 15 is 0 Å². The average molecular weight is 390 g/mol. The lowest BCUT2D eigenvalue weighted by Crippen LogP contribution is -2.36. The van der Waals surface area contributed by atoms with E-state index < -0.39 is 0 Å². The molecule has 1 heterocycles. The van der Waals surface area contributed by atoms with Crippen molar-refractivity contribution in [1.82, 2.24) is 10.2 Å². The third-order valence-corrected chi connectivity index (χ3v) is 4.63. The van der Waals surface area contributed by atoms with Crippen molar-refractivity contribution in [2.75, 3.05) is 19.8 Å². The highest BCUT2D eigenvalue weighted by atomic mass is 16.5. The van der Waals surface area contributed by atoms with E-state index in [9.17, 15) is 14.4 Å². The molecular weight excluding hydrogens is 360 g/mol. The lowest BCUT2D eigenvalue weighted by Gasteiger charge is -2.24. The number of nitrogens with zero attached hydrogens (tertiary/aromatic N) is 1. The van der Waals surface area contributed by atoms with Crippen molar-refractivity contribution in [1.29, 1.82) is 0 Å². The van der Waals surface area contributed by atoms with Crippen molar-refractivity contribution in [3.63, 3.8) is 0 Å². The van der Waals surface area contributed by atoms with Crippen LogP contribution in [0.1, 0.15) is 58.6 Å². The number of carbonyl (C=O) groups is 3. The van der Waals surface area contributed by atoms with Crippen LogP contribution in [-0.2, 0) is 14.4 Å². The minimum absolute atomic E-state index is 0.0933. The number of likely N-dealkylation sites (tertiary alicyclic amines) is 1. The molecule has 0 saturated carbocycles. The van der Waals surface area contributed by atoms with Gasteiger partial charge in [0.2, 0.25) is 17.7 Å². The Morgan fingerprint density at radius 1 is 1.07 bits per heavy atom. The summed E-state index contributed by atoms with van der Waals surface area (Å²) >= 11 is 0. The lowest BCUT2D eigenvalue weighted by atomic mass is 9.95. The number of carbonyl (C=O) groups excluding carboxylic acids is 3. The van der Waals surface area contributed by atoms with Crippen LogP contribution in [0.2, 0.25) is 0 Å². The smallest absolute Gasteiger partial charge is 0.229 e. The first-order chi connectivity index (χ1) is 13.4. The van der Waals surface area contributed by atoms with Crippen LogP contribution < -0.4 is 14.8 Å². The number of rotatable bonds is 10. The molecule has 0 bridgehead atoms. The number of hydrogen-bond acceptors (Lipinski definition) is 5. The van der Waals surface area contributed by atoms with Crippen LogP contribution in [0, 0.1) is 5.92 Å². The van der Waals surface area contributed by atoms with Gasteiger partial charge in [0.1, 0.15) is 0 Å². The van der Waals surface area contributed by atoms with Crippen LogP contribution in [0.25, 0.3) is 0 Å². The Morgan fingerprint density at radius 2 is 1.68 bits per heavy atom. The Balaban J connectivity index is 2.07. The molecule has 1 aromatic carbocycles. The van der Waals surface area contributed by atoms with Crippen molar-refractivity contribution in [2.24, 2.45) is 5.92 Å². The average Bonchev–Trinajstić information content (AvgIpc) is 2.97. The second kappa shape index (κ2) is 10.1. The molecule has 3 amide bonds. The Kier molecular flexibility index (Phi) is 7.84. The molecule has 1 saturated heterocycles. The summed E-state index contributed by atoms with van der Waals surface area (Å²) in [6.07, 6.45) is 0.568. The highest BCUT2D eigenvalue weighted by Gasteiger charge is 2.29. The molecule has 7 nitrogen and oxygen atoms in total. The normalized spacial score (nSPS) is 15.1. The molecule has 0 unspecified atom stereocenters. The van der Waals surface area contributed by atoms with Gasteiger partial charge in [0.05, 0.1) is 19.3 Å². The van der Waals surface area contributed by atoms with Crippen LogP contribution >= 0.6 is 0 Å². The van der Waals surface area contributed by atoms with Gasteiger partial charge in [-0.25, -0.2) is 0 Å². The van der Waals surface area contributed by atoms with E-state index in [4.69, 9.17) is 9.47 Å². The van der Waals surface area contributed by atoms with Crippen molar-refractivity contribution in [3.8, 4) is 11.5 Å². The molecule has 28 heavy (non-hydrogen) atoms. The Morgan fingerprint density at radius 3 is 2.25 bits per heavy atom. The zero-order valence-electron chi connectivity index (χ0n) is 17.1. The molecule has 1 aliphatic rings. The maximum absolute atomic E-state index is 12.5. The van der Waals surface area contributed by atoms with Gasteiger partial charge in [0.25, 0.3) is 0 Å². The quantitative estimate of drug-likeness (QED) is 0.621. The van der Waals surface area contributed by atoms with E-state index in [1.165, 1.54) is 4.90 Å². The second-order valence-electron chi connectivity index (χ2n) is 7.05. The van der Waals surface area contributed by atoms with Crippen LogP contribution in [0.3, 0.4) is 0 Å². The Bertz CT molecular complexity index is 701. The molecule has 1 aliphatic heterocycles. The van der Waals surface area contributed by atoms with Gasteiger partial charge in [0, 0.05) is 25.8 Å². The summed E-state index contributed by atoms with van der Waals surface area (Å²) in [4.78, 5) is 37.0. The molecular formula is C21H30N2O5. The van der Waals surface area contributed by atoms with Gasteiger partial charge in [0.15, 0.2) is 11.5 Å². The van der Waals surface area contributed by atoms with Gasteiger partial charge in [-0.2, -0.15) is 0 Å². The number of nitrogens with one attached hydrogen (secondary N) is 1. The Hall–Kier alpha value is -2.57. The number of imide groups is 1.